The summed E-state index contributed by atoms with van der Waals surface area (Å²) in [5, 5.41) is 8.22. The fourth-order valence-corrected chi connectivity index (χ4v) is 4.33. The summed E-state index contributed by atoms with van der Waals surface area (Å²) in [4.78, 5) is 31.6. The number of hydrogen-bond acceptors (Lipinski definition) is 6. The van der Waals surface area contributed by atoms with Crippen LogP contribution in [0, 0.1) is 5.82 Å². The third-order valence-corrected chi connectivity index (χ3v) is 6.04. The highest BCUT2D eigenvalue weighted by molar-refractivity contribution is 5.91. The number of amides is 1. The second kappa shape index (κ2) is 8.09. The van der Waals surface area contributed by atoms with Crippen LogP contribution in [-0.2, 0) is 19.6 Å². The molecule has 0 saturated heterocycles. The van der Waals surface area contributed by atoms with Gasteiger partial charge in [-0.15, -0.1) is 5.10 Å². The van der Waals surface area contributed by atoms with E-state index in [1.54, 1.807) is 18.2 Å². The number of carbonyl (C=O) groups excluding carboxylic acids is 1. The summed E-state index contributed by atoms with van der Waals surface area (Å²) in [6.07, 6.45) is 5.61. The first kappa shape index (κ1) is 19.7. The molecule has 1 aliphatic heterocycles. The predicted molar refractivity (Wildman–Crippen MR) is 107 cm³/mol. The molecule has 1 aromatic carbocycles. The van der Waals surface area contributed by atoms with Crippen LogP contribution >= 0.6 is 0 Å². The highest BCUT2D eigenvalue weighted by Gasteiger charge is 2.30. The molecule has 0 radical (unpaired) electrons. The molecule has 0 N–H and O–H groups in total. The molecule has 1 amide bonds. The average Bonchev–Trinajstić information content (AvgIpc) is 3.38. The molecule has 0 unspecified atom stereocenters. The SMILES string of the molecule is O=C1c2nn(Cc3noc(C4CCCCC4)n3)c(=O)n2CCN1Cc1ccccc1F. The fraction of sp³-hybridized carbons (Fsp3) is 0.476. The molecule has 9 nitrogen and oxygen atoms in total. The van der Waals surface area contributed by atoms with E-state index in [1.165, 1.54) is 26.6 Å². The molecule has 0 spiro atoms. The van der Waals surface area contributed by atoms with Gasteiger partial charge in [0, 0.05) is 31.1 Å². The molecule has 3 heterocycles. The minimum absolute atomic E-state index is 0.0373. The largest absolute Gasteiger partial charge is 0.346 e. The Labute approximate surface area is 177 Å². The molecule has 162 valence electrons. The molecule has 0 bridgehead atoms. The topological polar surface area (TPSA) is 99.0 Å². The molecular weight excluding hydrogens is 403 g/mol. The van der Waals surface area contributed by atoms with Crippen LogP contribution in [0.2, 0.25) is 0 Å². The quantitative estimate of drug-likeness (QED) is 0.621. The van der Waals surface area contributed by atoms with E-state index in [-0.39, 0.29) is 30.6 Å². The van der Waals surface area contributed by atoms with Crippen LogP contribution < -0.4 is 5.69 Å². The summed E-state index contributed by atoms with van der Waals surface area (Å²) < 4.78 is 21.9. The van der Waals surface area contributed by atoms with Gasteiger partial charge in [0.25, 0.3) is 5.91 Å². The molecule has 10 heteroatoms. The number of hydrogen-bond donors (Lipinski definition) is 0. The maximum atomic E-state index is 14.0. The predicted octanol–water partition coefficient (Wildman–Crippen LogP) is 2.32. The Balaban J connectivity index is 1.33. The molecule has 1 fully saturated rings. The molecule has 2 aromatic heterocycles. The lowest BCUT2D eigenvalue weighted by Gasteiger charge is -2.26. The Morgan fingerprint density at radius 2 is 1.87 bits per heavy atom. The van der Waals surface area contributed by atoms with Crippen molar-refractivity contribution in [3.63, 3.8) is 0 Å². The lowest BCUT2D eigenvalue weighted by Crippen LogP contribution is -2.42. The van der Waals surface area contributed by atoms with Crippen molar-refractivity contribution in [3.05, 3.63) is 63.7 Å². The number of carbonyl (C=O) groups is 1. The standard InChI is InChI=1S/C21H23FN6O3/c22-16-9-5-4-8-15(16)12-26-10-11-27-18(20(26)29)24-28(21(27)30)13-17-23-19(31-25-17)14-6-2-1-3-7-14/h4-5,8-9,14H,1-3,6-7,10-13H2. The first-order chi connectivity index (χ1) is 15.1. The first-order valence-corrected chi connectivity index (χ1v) is 10.6. The van der Waals surface area contributed by atoms with Crippen LogP contribution in [0.15, 0.2) is 33.6 Å². The normalized spacial score (nSPS) is 17.2. The molecule has 0 atom stereocenters. The molecule has 31 heavy (non-hydrogen) atoms. The van der Waals surface area contributed by atoms with Crippen LogP contribution in [0.5, 0.6) is 0 Å². The van der Waals surface area contributed by atoms with Gasteiger partial charge in [0.15, 0.2) is 5.82 Å². The number of benzene rings is 1. The zero-order valence-electron chi connectivity index (χ0n) is 17.0. The fourth-order valence-electron chi connectivity index (χ4n) is 4.33. The third-order valence-electron chi connectivity index (χ3n) is 6.04. The van der Waals surface area contributed by atoms with Gasteiger partial charge in [-0.3, -0.25) is 9.36 Å². The maximum Gasteiger partial charge on any atom is 0.346 e. The molecule has 2 aliphatic rings. The van der Waals surface area contributed by atoms with Crippen molar-refractivity contribution in [2.75, 3.05) is 6.54 Å². The highest BCUT2D eigenvalue weighted by atomic mass is 19.1. The smallest absolute Gasteiger partial charge is 0.339 e. The van der Waals surface area contributed by atoms with E-state index in [0.717, 1.165) is 25.7 Å². The molecule has 1 aliphatic carbocycles. The van der Waals surface area contributed by atoms with E-state index in [0.29, 0.717) is 30.4 Å². The van der Waals surface area contributed by atoms with Gasteiger partial charge in [-0.2, -0.15) is 4.98 Å². The second-order valence-corrected chi connectivity index (χ2v) is 8.12. The molecular formula is C21H23FN6O3. The van der Waals surface area contributed by atoms with E-state index in [4.69, 9.17) is 4.52 Å². The Morgan fingerprint density at radius 1 is 1.06 bits per heavy atom. The summed E-state index contributed by atoms with van der Waals surface area (Å²) in [7, 11) is 0. The summed E-state index contributed by atoms with van der Waals surface area (Å²) >= 11 is 0. The number of fused-ring (bicyclic) bond motifs is 1. The number of nitrogens with zero attached hydrogens (tertiary/aromatic N) is 6. The van der Waals surface area contributed by atoms with Crippen molar-refractivity contribution in [1.29, 1.82) is 0 Å². The molecule has 5 rings (SSSR count). The second-order valence-electron chi connectivity index (χ2n) is 8.12. The van der Waals surface area contributed by atoms with Crippen LogP contribution in [0.1, 0.15) is 65.9 Å². The number of rotatable bonds is 5. The summed E-state index contributed by atoms with van der Waals surface area (Å²) in [6, 6.07) is 6.34. The minimum Gasteiger partial charge on any atom is -0.339 e. The Morgan fingerprint density at radius 3 is 2.68 bits per heavy atom. The summed E-state index contributed by atoms with van der Waals surface area (Å²) in [6.45, 7) is 0.769. The van der Waals surface area contributed by atoms with Gasteiger partial charge in [-0.05, 0) is 18.9 Å². The summed E-state index contributed by atoms with van der Waals surface area (Å²) in [5.41, 5.74) is 0.0334. The van der Waals surface area contributed by atoms with Gasteiger partial charge in [0.2, 0.25) is 11.7 Å². The van der Waals surface area contributed by atoms with Crippen molar-refractivity contribution in [2.45, 2.75) is 57.7 Å². The Hall–Kier alpha value is -3.30. The van der Waals surface area contributed by atoms with Crippen molar-refractivity contribution in [3.8, 4) is 0 Å². The molecule has 3 aromatic rings. The monoisotopic (exact) mass is 426 g/mol. The number of aromatic nitrogens is 5. The van der Waals surface area contributed by atoms with Crippen LogP contribution in [0.4, 0.5) is 4.39 Å². The van der Waals surface area contributed by atoms with Crippen molar-refractivity contribution in [1.82, 2.24) is 29.4 Å². The van der Waals surface area contributed by atoms with Crippen molar-refractivity contribution >= 4 is 5.91 Å². The average molecular weight is 426 g/mol. The van der Waals surface area contributed by atoms with E-state index in [9.17, 15) is 14.0 Å². The van der Waals surface area contributed by atoms with Gasteiger partial charge >= 0.3 is 5.69 Å². The maximum absolute atomic E-state index is 14.0. The van der Waals surface area contributed by atoms with E-state index >= 15 is 0 Å². The van der Waals surface area contributed by atoms with Gasteiger partial charge in [0.05, 0.1) is 0 Å². The molecule has 1 saturated carbocycles. The van der Waals surface area contributed by atoms with Crippen LogP contribution in [0.3, 0.4) is 0 Å². The minimum atomic E-state index is -0.402. The van der Waals surface area contributed by atoms with Crippen LogP contribution in [0.25, 0.3) is 0 Å². The zero-order chi connectivity index (χ0) is 21.4. The Bertz CT molecular complexity index is 1160. The van der Waals surface area contributed by atoms with Crippen molar-refractivity contribution in [2.24, 2.45) is 0 Å². The first-order valence-electron chi connectivity index (χ1n) is 10.6. The van der Waals surface area contributed by atoms with E-state index in [2.05, 4.69) is 15.2 Å². The van der Waals surface area contributed by atoms with Gasteiger partial charge in [-0.25, -0.2) is 13.9 Å². The van der Waals surface area contributed by atoms with E-state index in [1.807, 2.05) is 0 Å². The zero-order valence-corrected chi connectivity index (χ0v) is 17.0. The third kappa shape index (κ3) is 3.77. The summed E-state index contributed by atoms with van der Waals surface area (Å²) in [5.74, 6) is 0.530. The lowest BCUT2D eigenvalue weighted by atomic mass is 9.89. The van der Waals surface area contributed by atoms with Gasteiger partial charge in [-0.1, -0.05) is 42.6 Å². The number of halogens is 1. The highest BCUT2D eigenvalue weighted by Crippen LogP contribution is 2.31. The Kier molecular flexibility index (Phi) is 5.13. The van der Waals surface area contributed by atoms with Gasteiger partial charge in [0.1, 0.15) is 12.4 Å². The van der Waals surface area contributed by atoms with Crippen molar-refractivity contribution < 1.29 is 13.7 Å². The lowest BCUT2D eigenvalue weighted by molar-refractivity contribution is 0.0679. The van der Waals surface area contributed by atoms with E-state index < -0.39 is 11.6 Å². The van der Waals surface area contributed by atoms with Gasteiger partial charge < -0.3 is 9.42 Å². The van der Waals surface area contributed by atoms with Crippen LogP contribution in [-0.4, -0.2) is 41.8 Å².